The molecule has 0 fully saturated rings. The van der Waals surface area contributed by atoms with Crippen molar-refractivity contribution in [2.24, 2.45) is 0 Å². The number of nitrogens with zero attached hydrogens (tertiary/aromatic N) is 3. The summed E-state index contributed by atoms with van der Waals surface area (Å²) in [5.41, 5.74) is 0.968. The number of aromatic nitrogens is 4. The minimum absolute atomic E-state index is 0.207. The molecule has 106 valence electrons. The Bertz CT molecular complexity index is 609. The molecule has 0 bridgehead atoms. The van der Waals surface area contributed by atoms with Crippen LogP contribution in [0.25, 0.3) is 11.5 Å². The zero-order valence-electron chi connectivity index (χ0n) is 11.5. The summed E-state index contributed by atoms with van der Waals surface area (Å²) >= 11 is 0. The molecule has 2 aromatic rings. The average Bonchev–Trinajstić information content (AvgIpc) is 2.47. The van der Waals surface area contributed by atoms with Crippen molar-refractivity contribution >= 4 is 0 Å². The molecule has 20 heavy (non-hydrogen) atoms. The Morgan fingerprint density at radius 3 is 2.85 bits per heavy atom. The molecule has 2 aromatic heterocycles. The number of ether oxygens (including phenoxy) is 1. The van der Waals surface area contributed by atoms with Crippen LogP contribution in [0.1, 0.15) is 19.0 Å². The van der Waals surface area contributed by atoms with E-state index in [1.54, 1.807) is 12.1 Å². The first-order valence-corrected chi connectivity index (χ1v) is 6.42. The molecule has 0 aliphatic heterocycles. The molecule has 2 rings (SSSR count). The average molecular weight is 275 g/mol. The van der Waals surface area contributed by atoms with E-state index in [2.05, 4.69) is 32.4 Å². The third kappa shape index (κ3) is 3.61. The van der Waals surface area contributed by atoms with Gasteiger partial charge in [-0.3, -0.25) is 4.79 Å². The number of nitrogens with one attached hydrogen (secondary N) is 2. The van der Waals surface area contributed by atoms with Crippen LogP contribution in [0.4, 0.5) is 0 Å². The number of rotatable bonds is 6. The number of H-pyrrole nitrogens is 1. The standard InChI is InChI=1S/C13H17N5O2/c1-3-6-14-8-9-7-11(19)16-13(15-9)10-4-5-12(20-2)18-17-10/h4-5,7,14H,3,6,8H2,1-2H3,(H,15,16,19). The van der Waals surface area contributed by atoms with Crippen LogP contribution >= 0.6 is 0 Å². The van der Waals surface area contributed by atoms with Gasteiger partial charge < -0.3 is 15.0 Å². The zero-order chi connectivity index (χ0) is 14.4. The molecule has 7 nitrogen and oxygen atoms in total. The Balaban J connectivity index is 2.24. The molecule has 0 atom stereocenters. The van der Waals surface area contributed by atoms with E-state index in [0.717, 1.165) is 13.0 Å². The maximum atomic E-state index is 11.6. The molecule has 0 aliphatic rings. The molecule has 0 amide bonds. The van der Waals surface area contributed by atoms with E-state index in [1.165, 1.54) is 13.2 Å². The van der Waals surface area contributed by atoms with Crippen molar-refractivity contribution < 1.29 is 4.74 Å². The molecule has 0 unspecified atom stereocenters. The van der Waals surface area contributed by atoms with Crippen LogP contribution in [0.5, 0.6) is 5.88 Å². The van der Waals surface area contributed by atoms with Crippen molar-refractivity contribution in [1.82, 2.24) is 25.5 Å². The lowest BCUT2D eigenvalue weighted by atomic mass is 10.3. The molecule has 0 saturated heterocycles. The number of hydrogen-bond donors (Lipinski definition) is 2. The SMILES string of the molecule is CCCNCc1cc(=O)[nH]c(-c2ccc(OC)nn2)n1. The van der Waals surface area contributed by atoms with Gasteiger partial charge in [0, 0.05) is 18.7 Å². The van der Waals surface area contributed by atoms with E-state index in [0.29, 0.717) is 29.6 Å². The second-order valence-electron chi connectivity index (χ2n) is 4.22. The van der Waals surface area contributed by atoms with Gasteiger partial charge in [0.1, 0.15) is 5.69 Å². The van der Waals surface area contributed by atoms with Gasteiger partial charge in [0.2, 0.25) is 5.88 Å². The summed E-state index contributed by atoms with van der Waals surface area (Å²) < 4.78 is 4.94. The van der Waals surface area contributed by atoms with Gasteiger partial charge >= 0.3 is 0 Å². The Morgan fingerprint density at radius 2 is 2.20 bits per heavy atom. The van der Waals surface area contributed by atoms with Crippen LogP contribution < -0.4 is 15.6 Å². The monoisotopic (exact) mass is 275 g/mol. The molecule has 0 aliphatic carbocycles. The van der Waals surface area contributed by atoms with Gasteiger partial charge in [0.25, 0.3) is 5.56 Å². The molecule has 0 radical (unpaired) electrons. The second-order valence-corrected chi connectivity index (χ2v) is 4.22. The van der Waals surface area contributed by atoms with Crippen molar-refractivity contribution in [2.45, 2.75) is 19.9 Å². The van der Waals surface area contributed by atoms with E-state index in [-0.39, 0.29) is 5.56 Å². The maximum absolute atomic E-state index is 11.6. The minimum Gasteiger partial charge on any atom is -0.480 e. The first-order chi connectivity index (χ1) is 9.72. The molecule has 7 heteroatoms. The van der Waals surface area contributed by atoms with Crippen molar-refractivity contribution in [2.75, 3.05) is 13.7 Å². The van der Waals surface area contributed by atoms with Crippen LogP contribution in [0.3, 0.4) is 0 Å². The predicted molar refractivity (Wildman–Crippen MR) is 74.4 cm³/mol. The highest BCUT2D eigenvalue weighted by Crippen LogP contribution is 2.12. The molecule has 0 saturated carbocycles. The Hall–Kier alpha value is -2.28. The molecule has 0 spiro atoms. The van der Waals surface area contributed by atoms with Gasteiger partial charge in [0.05, 0.1) is 12.8 Å². The van der Waals surface area contributed by atoms with Gasteiger partial charge in [0.15, 0.2) is 5.82 Å². The fourth-order valence-electron chi connectivity index (χ4n) is 1.67. The maximum Gasteiger partial charge on any atom is 0.251 e. The lowest BCUT2D eigenvalue weighted by Gasteiger charge is -2.05. The van der Waals surface area contributed by atoms with Gasteiger partial charge in [-0.1, -0.05) is 6.92 Å². The van der Waals surface area contributed by atoms with Crippen molar-refractivity contribution in [1.29, 1.82) is 0 Å². The van der Waals surface area contributed by atoms with Gasteiger partial charge in [-0.05, 0) is 19.0 Å². The van der Waals surface area contributed by atoms with Crippen LogP contribution in [0, 0.1) is 0 Å². The third-order valence-corrected chi connectivity index (χ3v) is 2.62. The summed E-state index contributed by atoms with van der Waals surface area (Å²) in [6.07, 6.45) is 1.03. The highest BCUT2D eigenvalue weighted by Gasteiger charge is 2.06. The van der Waals surface area contributed by atoms with Crippen LogP contribution in [0.15, 0.2) is 23.0 Å². The summed E-state index contributed by atoms with van der Waals surface area (Å²) in [4.78, 5) is 18.7. The molecule has 0 aromatic carbocycles. The molecular weight excluding hydrogens is 258 g/mol. The lowest BCUT2D eigenvalue weighted by molar-refractivity contribution is 0.392. The van der Waals surface area contributed by atoms with E-state index >= 15 is 0 Å². The van der Waals surface area contributed by atoms with Crippen LogP contribution in [-0.2, 0) is 6.54 Å². The molecular formula is C13H17N5O2. The smallest absolute Gasteiger partial charge is 0.251 e. The Labute approximate surface area is 116 Å². The van der Waals surface area contributed by atoms with E-state index < -0.39 is 0 Å². The Morgan fingerprint density at radius 1 is 1.35 bits per heavy atom. The molecule has 2 N–H and O–H groups in total. The third-order valence-electron chi connectivity index (χ3n) is 2.62. The number of methoxy groups -OCH3 is 1. The topological polar surface area (TPSA) is 92.8 Å². The largest absolute Gasteiger partial charge is 0.480 e. The van der Waals surface area contributed by atoms with Crippen molar-refractivity contribution in [3.8, 4) is 17.4 Å². The number of hydrogen-bond acceptors (Lipinski definition) is 6. The summed E-state index contributed by atoms with van der Waals surface area (Å²) in [6, 6.07) is 4.85. The first kappa shape index (κ1) is 14.1. The van der Waals surface area contributed by atoms with Crippen molar-refractivity contribution in [3.05, 3.63) is 34.2 Å². The Kier molecular flexibility index (Phi) is 4.78. The normalized spacial score (nSPS) is 10.5. The lowest BCUT2D eigenvalue weighted by Crippen LogP contribution is -2.18. The number of aromatic amines is 1. The zero-order valence-corrected chi connectivity index (χ0v) is 11.5. The quantitative estimate of drug-likeness (QED) is 0.755. The summed E-state index contributed by atoms with van der Waals surface area (Å²) in [6.45, 7) is 3.51. The fraction of sp³-hybridized carbons (Fsp3) is 0.385. The van der Waals surface area contributed by atoms with Gasteiger partial charge in [-0.15, -0.1) is 10.2 Å². The van der Waals surface area contributed by atoms with Gasteiger partial charge in [-0.2, -0.15) is 0 Å². The van der Waals surface area contributed by atoms with Crippen LogP contribution in [-0.4, -0.2) is 33.8 Å². The fourth-order valence-corrected chi connectivity index (χ4v) is 1.67. The minimum atomic E-state index is -0.207. The highest BCUT2D eigenvalue weighted by atomic mass is 16.5. The van der Waals surface area contributed by atoms with Crippen LogP contribution in [0.2, 0.25) is 0 Å². The first-order valence-electron chi connectivity index (χ1n) is 6.42. The second kappa shape index (κ2) is 6.76. The highest BCUT2D eigenvalue weighted by molar-refractivity contribution is 5.48. The summed E-state index contributed by atoms with van der Waals surface area (Å²) in [7, 11) is 1.52. The molecule has 2 heterocycles. The van der Waals surface area contributed by atoms with E-state index in [4.69, 9.17) is 4.74 Å². The van der Waals surface area contributed by atoms with E-state index in [9.17, 15) is 4.79 Å². The summed E-state index contributed by atoms with van der Waals surface area (Å²) in [5, 5.41) is 11.0. The summed E-state index contributed by atoms with van der Waals surface area (Å²) in [5.74, 6) is 0.817. The predicted octanol–water partition coefficient (Wildman–Crippen LogP) is 0.735. The van der Waals surface area contributed by atoms with Gasteiger partial charge in [-0.25, -0.2) is 4.98 Å². The van der Waals surface area contributed by atoms with E-state index in [1.807, 2.05) is 0 Å². The van der Waals surface area contributed by atoms with Crippen molar-refractivity contribution in [3.63, 3.8) is 0 Å².